The fourth-order valence-electron chi connectivity index (χ4n) is 1.35. The van der Waals surface area contributed by atoms with Crippen LogP contribution in [0.25, 0.3) is 0 Å². The number of benzene rings is 1. The molecular weight excluding hydrogens is 342 g/mol. The molecule has 0 aliphatic rings. The Bertz CT molecular complexity index is 505. The number of nitrogens with zero attached hydrogens (tertiary/aromatic N) is 1. The lowest BCUT2D eigenvalue weighted by Crippen LogP contribution is -2.15. The predicted octanol–water partition coefficient (Wildman–Crippen LogP) is 2.71. The van der Waals surface area contributed by atoms with Gasteiger partial charge in [-0.2, -0.15) is 0 Å². The highest BCUT2D eigenvalue weighted by atomic mass is 79.9. The number of rotatable bonds is 6. The van der Waals surface area contributed by atoms with Crippen molar-refractivity contribution in [1.82, 2.24) is 4.90 Å². The second kappa shape index (κ2) is 6.75. The SMILES string of the molecule is CN(C)CCCOc1ccc(Br)cc1S(=O)(=O)Cl. The van der Waals surface area contributed by atoms with E-state index in [9.17, 15) is 8.42 Å². The highest BCUT2D eigenvalue weighted by molar-refractivity contribution is 9.10. The molecule has 0 aliphatic heterocycles. The minimum absolute atomic E-state index is 0.0107. The molecule has 1 aromatic rings. The third-order valence-electron chi connectivity index (χ3n) is 2.18. The first kappa shape index (κ1) is 15.8. The minimum atomic E-state index is -3.80. The Morgan fingerprint density at radius 3 is 2.61 bits per heavy atom. The Labute approximate surface area is 120 Å². The summed E-state index contributed by atoms with van der Waals surface area (Å²) in [7, 11) is 5.49. The number of hydrogen-bond acceptors (Lipinski definition) is 4. The van der Waals surface area contributed by atoms with Crippen molar-refractivity contribution in [3.8, 4) is 5.75 Å². The standard InChI is InChI=1S/C11H15BrClNO3S/c1-14(2)6-3-7-17-10-5-4-9(12)8-11(10)18(13,15)16/h4-5,8H,3,6-7H2,1-2H3. The van der Waals surface area contributed by atoms with Gasteiger partial charge in [-0.25, -0.2) is 8.42 Å². The molecular formula is C11H15BrClNO3S. The molecule has 1 rings (SSSR count). The van der Waals surface area contributed by atoms with E-state index in [0.717, 1.165) is 13.0 Å². The largest absolute Gasteiger partial charge is 0.492 e. The Morgan fingerprint density at radius 1 is 1.39 bits per heavy atom. The third-order valence-corrected chi connectivity index (χ3v) is 4.01. The normalized spacial score (nSPS) is 11.8. The summed E-state index contributed by atoms with van der Waals surface area (Å²) in [4.78, 5) is 2.02. The Kier molecular flexibility index (Phi) is 5.91. The summed E-state index contributed by atoms with van der Waals surface area (Å²) in [6.07, 6.45) is 0.810. The van der Waals surface area contributed by atoms with Crippen LogP contribution in [0, 0.1) is 0 Å². The minimum Gasteiger partial charge on any atom is -0.492 e. The zero-order valence-electron chi connectivity index (χ0n) is 10.2. The fourth-order valence-corrected chi connectivity index (χ4v) is 2.86. The van der Waals surface area contributed by atoms with E-state index in [2.05, 4.69) is 15.9 Å². The van der Waals surface area contributed by atoms with Gasteiger partial charge in [-0.15, -0.1) is 0 Å². The van der Waals surface area contributed by atoms with E-state index >= 15 is 0 Å². The van der Waals surface area contributed by atoms with Gasteiger partial charge in [-0.3, -0.25) is 0 Å². The van der Waals surface area contributed by atoms with Gasteiger partial charge in [0.2, 0.25) is 0 Å². The molecule has 1 aromatic carbocycles. The molecule has 0 aliphatic carbocycles. The van der Waals surface area contributed by atoms with Crippen molar-refractivity contribution >= 4 is 35.7 Å². The quantitative estimate of drug-likeness (QED) is 0.581. The van der Waals surface area contributed by atoms with Gasteiger partial charge in [0.15, 0.2) is 0 Å². The first-order valence-corrected chi connectivity index (χ1v) is 8.42. The van der Waals surface area contributed by atoms with Crippen molar-refractivity contribution in [2.75, 3.05) is 27.2 Å². The van der Waals surface area contributed by atoms with E-state index in [4.69, 9.17) is 15.4 Å². The summed E-state index contributed by atoms with van der Waals surface area (Å²) in [5.41, 5.74) is 0. The average Bonchev–Trinajstić information content (AvgIpc) is 2.24. The first-order valence-electron chi connectivity index (χ1n) is 5.32. The highest BCUT2D eigenvalue weighted by Crippen LogP contribution is 2.30. The maximum atomic E-state index is 11.4. The molecule has 0 saturated carbocycles. The molecule has 0 aromatic heterocycles. The number of halogens is 2. The van der Waals surface area contributed by atoms with E-state index in [-0.39, 0.29) is 10.6 Å². The molecule has 0 unspecified atom stereocenters. The molecule has 4 nitrogen and oxygen atoms in total. The van der Waals surface area contributed by atoms with Crippen molar-refractivity contribution < 1.29 is 13.2 Å². The summed E-state index contributed by atoms with van der Waals surface area (Å²) in [6.45, 7) is 1.32. The molecule has 0 saturated heterocycles. The maximum absolute atomic E-state index is 11.4. The third kappa shape index (κ3) is 5.14. The molecule has 7 heteroatoms. The molecule has 0 spiro atoms. The lowest BCUT2D eigenvalue weighted by molar-refractivity contribution is 0.276. The predicted molar refractivity (Wildman–Crippen MR) is 75.8 cm³/mol. The van der Waals surface area contributed by atoms with Crippen molar-refractivity contribution in [1.29, 1.82) is 0 Å². The van der Waals surface area contributed by atoms with Gasteiger partial charge in [-0.1, -0.05) is 15.9 Å². The molecule has 0 amide bonds. The van der Waals surface area contributed by atoms with E-state index in [0.29, 0.717) is 11.1 Å². The number of ether oxygens (including phenoxy) is 1. The monoisotopic (exact) mass is 355 g/mol. The summed E-state index contributed by atoms with van der Waals surface area (Å²) in [6, 6.07) is 4.74. The second-order valence-electron chi connectivity index (χ2n) is 4.03. The molecule has 0 N–H and O–H groups in total. The summed E-state index contributed by atoms with van der Waals surface area (Å²) >= 11 is 3.20. The maximum Gasteiger partial charge on any atom is 0.265 e. The van der Waals surface area contributed by atoms with Crippen molar-refractivity contribution in [2.24, 2.45) is 0 Å². The Hall–Kier alpha value is -0.300. The molecule has 0 bridgehead atoms. The van der Waals surface area contributed by atoms with E-state index < -0.39 is 9.05 Å². The fraction of sp³-hybridized carbons (Fsp3) is 0.455. The lowest BCUT2D eigenvalue weighted by atomic mass is 10.3. The first-order chi connectivity index (χ1) is 8.30. The van der Waals surface area contributed by atoms with Crippen LogP contribution in [0.3, 0.4) is 0 Å². The van der Waals surface area contributed by atoms with E-state index in [1.165, 1.54) is 6.07 Å². The van der Waals surface area contributed by atoms with Crippen LogP contribution in [0.1, 0.15) is 6.42 Å². The van der Waals surface area contributed by atoms with Gasteiger partial charge in [-0.05, 0) is 38.7 Å². The average molecular weight is 357 g/mol. The zero-order chi connectivity index (χ0) is 13.8. The Morgan fingerprint density at radius 2 is 2.06 bits per heavy atom. The van der Waals surface area contributed by atoms with E-state index in [1.54, 1.807) is 12.1 Å². The van der Waals surface area contributed by atoms with Crippen LogP contribution in [0.2, 0.25) is 0 Å². The topological polar surface area (TPSA) is 46.6 Å². The number of hydrogen-bond donors (Lipinski definition) is 0. The van der Waals surface area contributed by atoms with Crippen molar-refractivity contribution in [2.45, 2.75) is 11.3 Å². The summed E-state index contributed by atoms with van der Waals surface area (Å²) in [5.74, 6) is 0.284. The van der Waals surface area contributed by atoms with Crippen LogP contribution in [0.15, 0.2) is 27.6 Å². The van der Waals surface area contributed by atoms with Crippen LogP contribution in [-0.4, -0.2) is 40.6 Å². The molecule has 18 heavy (non-hydrogen) atoms. The van der Waals surface area contributed by atoms with Crippen LogP contribution in [0.4, 0.5) is 0 Å². The van der Waals surface area contributed by atoms with Gasteiger partial charge < -0.3 is 9.64 Å². The second-order valence-corrected chi connectivity index (χ2v) is 7.48. The van der Waals surface area contributed by atoms with Crippen molar-refractivity contribution in [3.63, 3.8) is 0 Å². The van der Waals surface area contributed by atoms with Gasteiger partial charge >= 0.3 is 0 Å². The smallest absolute Gasteiger partial charge is 0.265 e. The van der Waals surface area contributed by atoms with Crippen molar-refractivity contribution in [3.05, 3.63) is 22.7 Å². The lowest BCUT2D eigenvalue weighted by Gasteiger charge is -2.12. The molecule has 0 radical (unpaired) electrons. The Balaban J connectivity index is 2.77. The van der Waals surface area contributed by atoms with Gasteiger partial charge in [0.25, 0.3) is 9.05 Å². The summed E-state index contributed by atoms with van der Waals surface area (Å²) < 4.78 is 28.9. The highest BCUT2D eigenvalue weighted by Gasteiger charge is 2.17. The van der Waals surface area contributed by atoms with Crippen LogP contribution in [0.5, 0.6) is 5.75 Å². The van der Waals surface area contributed by atoms with Gasteiger partial charge in [0.05, 0.1) is 6.61 Å². The van der Waals surface area contributed by atoms with Crippen LogP contribution >= 0.6 is 26.6 Å². The molecule has 0 atom stereocenters. The molecule has 102 valence electrons. The molecule has 0 fully saturated rings. The van der Waals surface area contributed by atoms with Crippen LogP contribution < -0.4 is 4.74 Å². The molecule has 0 heterocycles. The van der Waals surface area contributed by atoms with E-state index in [1.807, 2.05) is 19.0 Å². The zero-order valence-corrected chi connectivity index (χ0v) is 13.3. The van der Waals surface area contributed by atoms with Gasteiger partial charge in [0, 0.05) is 21.7 Å². The van der Waals surface area contributed by atoms with Crippen LogP contribution in [-0.2, 0) is 9.05 Å². The summed E-state index contributed by atoms with van der Waals surface area (Å²) in [5, 5.41) is 0. The van der Waals surface area contributed by atoms with Gasteiger partial charge in [0.1, 0.15) is 10.6 Å².